The van der Waals surface area contributed by atoms with Gasteiger partial charge in [0.2, 0.25) is 0 Å². The van der Waals surface area contributed by atoms with Gasteiger partial charge in [0.25, 0.3) is 0 Å². The fraction of sp³-hybridized carbons (Fsp3) is 0.407. The van der Waals surface area contributed by atoms with E-state index < -0.39 is 21.1 Å². The number of hydrogen-bond donors (Lipinski definition) is 0. The van der Waals surface area contributed by atoms with Crippen LogP contribution in [0, 0.1) is 5.82 Å². The second-order valence-electron chi connectivity index (χ2n) is 9.97. The van der Waals surface area contributed by atoms with Gasteiger partial charge in [0, 0.05) is 24.4 Å². The molecule has 9 heteroatoms. The van der Waals surface area contributed by atoms with Crippen LogP contribution in [0.1, 0.15) is 57.6 Å². The van der Waals surface area contributed by atoms with Gasteiger partial charge in [-0.2, -0.15) is 0 Å². The number of ether oxygens (including phenoxy) is 1. The number of carbonyl (C=O) groups excluding carboxylic acids is 1. The van der Waals surface area contributed by atoms with E-state index in [1.54, 1.807) is 50.5 Å². The zero-order valence-electron chi connectivity index (χ0n) is 20.9. The zero-order chi connectivity index (χ0) is 26.1. The van der Waals surface area contributed by atoms with E-state index in [0.29, 0.717) is 35.4 Å². The van der Waals surface area contributed by atoms with Crippen molar-refractivity contribution in [2.24, 2.45) is 0 Å². The molecule has 0 unspecified atom stereocenters. The van der Waals surface area contributed by atoms with Gasteiger partial charge in [-0.25, -0.2) is 22.8 Å². The molecule has 2 aromatic heterocycles. The van der Waals surface area contributed by atoms with Crippen LogP contribution in [0.15, 0.2) is 48.9 Å². The molecule has 7 nitrogen and oxygen atoms in total. The van der Waals surface area contributed by atoms with Gasteiger partial charge >= 0.3 is 0 Å². The predicted molar refractivity (Wildman–Crippen MR) is 135 cm³/mol. The Kier molecular flexibility index (Phi) is 7.22. The van der Waals surface area contributed by atoms with Crippen molar-refractivity contribution in [2.45, 2.75) is 69.5 Å². The fourth-order valence-corrected chi connectivity index (χ4v) is 5.45. The highest BCUT2D eigenvalue weighted by Crippen LogP contribution is 2.31. The van der Waals surface area contributed by atoms with Crippen molar-refractivity contribution < 1.29 is 22.3 Å². The topological polar surface area (TPSA) is 99.1 Å². The van der Waals surface area contributed by atoms with Gasteiger partial charge in [0.05, 0.1) is 28.7 Å². The number of halogens is 1. The Balaban J connectivity index is 1.50. The first-order chi connectivity index (χ1) is 17.0. The maximum Gasteiger partial charge on any atom is 0.160 e. The van der Waals surface area contributed by atoms with E-state index in [1.807, 2.05) is 13.8 Å². The minimum atomic E-state index is -3.28. The second kappa shape index (κ2) is 10.0. The average molecular weight is 512 g/mol. The lowest BCUT2D eigenvalue weighted by molar-refractivity contribution is -0.123. The molecule has 0 spiro atoms. The fourth-order valence-electron chi connectivity index (χ4n) is 3.86. The summed E-state index contributed by atoms with van der Waals surface area (Å²) in [7, 11) is -3.28. The van der Waals surface area contributed by atoms with Crippen LogP contribution < -0.4 is 4.74 Å². The van der Waals surface area contributed by atoms with Crippen LogP contribution in [0.2, 0.25) is 0 Å². The molecule has 36 heavy (non-hydrogen) atoms. The molecule has 190 valence electrons. The van der Waals surface area contributed by atoms with Crippen molar-refractivity contribution in [1.29, 1.82) is 0 Å². The highest BCUT2D eigenvalue weighted by atomic mass is 32.2. The van der Waals surface area contributed by atoms with Gasteiger partial charge in [-0.1, -0.05) is 12.1 Å². The van der Waals surface area contributed by atoms with E-state index in [4.69, 9.17) is 4.74 Å². The van der Waals surface area contributed by atoms with Crippen molar-refractivity contribution in [3.8, 4) is 16.9 Å². The van der Waals surface area contributed by atoms with Gasteiger partial charge < -0.3 is 4.74 Å². The number of benzene rings is 1. The highest BCUT2D eigenvalue weighted by molar-refractivity contribution is 7.91. The molecule has 0 N–H and O–H groups in total. The number of carbonyl (C=O) groups is 1. The normalized spacial score (nSPS) is 14.2. The maximum absolute atomic E-state index is 15.0. The summed E-state index contributed by atoms with van der Waals surface area (Å²) in [6, 6.07) is 8.13. The number of aromatic nitrogens is 3. The molecule has 0 bridgehead atoms. The van der Waals surface area contributed by atoms with Crippen LogP contribution in [0.3, 0.4) is 0 Å². The van der Waals surface area contributed by atoms with Crippen molar-refractivity contribution in [3.63, 3.8) is 0 Å². The van der Waals surface area contributed by atoms with Crippen LogP contribution in [0.4, 0.5) is 4.39 Å². The second-order valence-corrected chi connectivity index (χ2v) is 12.3. The molecule has 1 fully saturated rings. The number of hydrogen-bond acceptors (Lipinski definition) is 7. The molecule has 1 aromatic carbocycles. The Labute approximate surface area is 211 Å². The molecule has 0 amide bonds. The number of Topliss-reactive ketones (excluding diaryl/α,β-unsaturated/α-hetero) is 1. The van der Waals surface area contributed by atoms with Crippen LogP contribution in [-0.2, 0) is 32.2 Å². The van der Waals surface area contributed by atoms with Gasteiger partial charge in [-0.05, 0) is 69.9 Å². The molecule has 4 rings (SSSR count). The Hall–Kier alpha value is -3.20. The molecule has 1 saturated carbocycles. The monoisotopic (exact) mass is 511 g/mol. The van der Waals surface area contributed by atoms with Gasteiger partial charge in [0.15, 0.2) is 9.84 Å². The molecular weight excluding hydrogens is 481 g/mol. The summed E-state index contributed by atoms with van der Waals surface area (Å²) < 4.78 is 45.4. The highest BCUT2D eigenvalue weighted by Gasteiger charge is 2.37. The van der Waals surface area contributed by atoms with Crippen molar-refractivity contribution in [3.05, 3.63) is 71.8 Å². The van der Waals surface area contributed by atoms with E-state index in [1.165, 1.54) is 12.3 Å². The van der Waals surface area contributed by atoms with Crippen molar-refractivity contribution >= 4 is 15.6 Å². The van der Waals surface area contributed by atoms with Gasteiger partial charge in [-0.15, -0.1) is 0 Å². The number of pyridine rings is 1. The van der Waals surface area contributed by atoms with E-state index in [2.05, 4.69) is 15.0 Å². The average Bonchev–Trinajstić information content (AvgIpc) is 3.66. The largest absolute Gasteiger partial charge is 0.489 e. The van der Waals surface area contributed by atoms with Crippen LogP contribution in [0.25, 0.3) is 11.1 Å². The van der Waals surface area contributed by atoms with Gasteiger partial charge in [-0.3, -0.25) is 9.78 Å². The first-order valence-corrected chi connectivity index (χ1v) is 13.6. The van der Waals surface area contributed by atoms with Crippen LogP contribution in [0.5, 0.6) is 5.75 Å². The summed E-state index contributed by atoms with van der Waals surface area (Å²) in [6.45, 7) is 7.24. The summed E-state index contributed by atoms with van der Waals surface area (Å²) in [6.07, 6.45) is 5.90. The van der Waals surface area contributed by atoms with Crippen molar-refractivity contribution in [2.75, 3.05) is 0 Å². The SMILES string of the molecule is CC(C)Oc1cncc(-c2ccc(CC(=O)C(C)(C)c3ccnc(CS(=O)(=O)C4CC4)n3)c(F)c2)c1. The van der Waals surface area contributed by atoms with Crippen molar-refractivity contribution in [1.82, 2.24) is 15.0 Å². The molecule has 0 radical (unpaired) electrons. The third-order valence-corrected chi connectivity index (χ3v) is 8.38. The number of nitrogens with zero attached hydrogens (tertiary/aromatic N) is 3. The lowest BCUT2D eigenvalue weighted by atomic mass is 9.81. The van der Waals surface area contributed by atoms with Gasteiger partial charge in [0.1, 0.15) is 28.9 Å². The molecular formula is C27H30FN3O4S. The minimum absolute atomic E-state index is 0.0101. The smallest absolute Gasteiger partial charge is 0.160 e. The maximum atomic E-state index is 15.0. The number of ketones is 1. The molecule has 1 aliphatic carbocycles. The molecule has 1 aliphatic rings. The summed E-state index contributed by atoms with van der Waals surface area (Å²) in [4.78, 5) is 25.9. The molecule has 0 aliphatic heterocycles. The lowest BCUT2D eigenvalue weighted by Crippen LogP contribution is -2.32. The molecule has 3 aromatic rings. The van der Waals surface area contributed by atoms with Crippen LogP contribution >= 0.6 is 0 Å². The van der Waals surface area contributed by atoms with E-state index in [9.17, 15) is 13.2 Å². The Morgan fingerprint density at radius 1 is 1.14 bits per heavy atom. The first kappa shape index (κ1) is 25.9. The number of sulfone groups is 1. The van der Waals surface area contributed by atoms with E-state index in [0.717, 1.165) is 0 Å². The van der Waals surface area contributed by atoms with Crippen LogP contribution in [-0.4, -0.2) is 40.5 Å². The number of rotatable bonds is 10. The third-order valence-electron chi connectivity index (χ3n) is 6.23. The standard InChI is InChI=1S/C27H30FN3O4S/c1-17(2)35-21-11-20(14-29-15-21)18-5-6-19(23(28)12-18)13-25(32)27(3,4)24-9-10-30-26(31-24)16-36(33,34)22-7-8-22/h5-6,9-12,14-15,17,22H,7-8,13,16H2,1-4H3. The Morgan fingerprint density at radius 2 is 1.89 bits per heavy atom. The van der Waals surface area contributed by atoms with E-state index >= 15 is 4.39 Å². The zero-order valence-corrected chi connectivity index (χ0v) is 21.7. The predicted octanol–water partition coefficient (Wildman–Crippen LogP) is 4.63. The lowest BCUT2D eigenvalue weighted by Gasteiger charge is -2.23. The Morgan fingerprint density at radius 3 is 2.56 bits per heavy atom. The third kappa shape index (κ3) is 5.95. The first-order valence-electron chi connectivity index (χ1n) is 11.9. The molecule has 0 atom stereocenters. The summed E-state index contributed by atoms with van der Waals surface area (Å²) >= 11 is 0. The summed E-state index contributed by atoms with van der Waals surface area (Å²) in [5, 5.41) is -0.314. The molecule has 0 saturated heterocycles. The minimum Gasteiger partial charge on any atom is -0.489 e. The molecule has 2 heterocycles. The Bertz CT molecular complexity index is 1390. The quantitative estimate of drug-likeness (QED) is 0.391. The van der Waals surface area contributed by atoms with E-state index in [-0.39, 0.29) is 40.7 Å². The summed E-state index contributed by atoms with van der Waals surface area (Å²) in [5.41, 5.74) is 0.957. The summed E-state index contributed by atoms with van der Waals surface area (Å²) in [5.74, 6) is -0.209.